The highest BCUT2D eigenvalue weighted by atomic mass is 32.1. The molecular formula is C11H17N3O3S. The number of nitrogens with two attached hydrogens (primary N) is 1. The summed E-state index contributed by atoms with van der Waals surface area (Å²) in [6.07, 6.45) is 0.548. The molecule has 0 saturated heterocycles. The largest absolute Gasteiger partial charge is 0.478 e. The summed E-state index contributed by atoms with van der Waals surface area (Å²) in [6.45, 7) is 5.52. The van der Waals surface area contributed by atoms with Crippen molar-refractivity contribution in [2.24, 2.45) is 11.7 Å². The predicted octanol–water partition coefficient (Wildman–Crippen LogP) is 1.46. The number of hydrogen-bond acceptors (Lipinski definition) is 5. The smallest absolute Gasteiger partial charge is 0.340 e. The molecule has 0 fully saturated rings. The average molecular weight is 271 g/mol. The highest BCUT2D eigenvalue weighted by molar-refractivity contribution is 7.11. The molecule has 0 spiro atoms. The van der Waals surface area contributed by atoms with E-state index < -0.39 is 12.0 Å². The summed E-state index contributed by atoms with van der Waals surface area (Å²) in [7, 11) is 0. The summed E-state index contributed by atoms with van der Waals surface area (Å²) in [6, 6.07) is -0.644. The van der Waals surface area contributed by atoms with Gasteiger partial charge in [-0.15, -0.1) is 0 Å². The minimum Gasteiger partial charge on any atom is -0.478 e. The molecule has 1 aromatic heterocycles. The van der Waals surface area contributed by atoms with E-state index in [-0.39, 0.29) is 16.5 Å². The number of carboxylic acid groups (broad SMARTS) is 1. The number of carbonyl (C=O) groups is 2. The van der Waals surface area contributed by atoms with Crippen LogP contribution in [0, 0.1) is 12.8 Å². The lowest BCUT2D eigenvalue weighted by Gasteiger charge is -2.13. The van der Waals surface area contributed by atoms with Gasteiger partial charge in [0.05, 0.1) is 11.7 Å². The highest BCUT2D eigenvalue weighted by Gasteiger charge is 2.22. The van der Waals surface area contributed by atoms with Gasteiger partial charge in [-0.2, -0.15) is 4.37 Å². The van der Waals surface area contributed by atoms with Crippen molar-refractivity contribution in [2.45, 2.75) is 33.2 Å². The molecule has 1 rings (SSSR count). The molecule has 100 valence electrons. The molecule has 1 heterocycles. The van der Waals surface area contributed by atoms with Gasteiger partial charge in [0.2, 0.25) is 5.91 Å². The van der Waals surface area contributed by atoms with Gasteiger partial charge in [-0.1, -0.05) is 13.8 Å². The number of aryl methyl sites for hydroxylation is 1. The summed E-state index contributed by atoms with van der Waals surface area (Å²) in [5.74, 6) is -1.18. The maximum absolute atomic E-state index is 11.8. The van der Waals surface area contributed by atoms with Gasteiger partial charge in [0.25, 0.3) is 0 Å². The first-order valence-electron chi connectivity index (χ1n) is 5.59. The second-order valence-corrected chi connectivity index (χ2v) is 5.28. The van der Waals surface area contributed by atoms with Crippen LogP contribution in [0.5, 0.6) is 0 Å². The van der Waals surface area contributed by atoms with Crippen molar-refractivity contribution in [1.82, 2.24) is 4.37 Å². The Balaban J connectivity index is 2.79. The number of aromatic carboxylic acids is 1. The number of amides is 1. The molecule has 18 heavy (non-hydrogen) atoms. The van der Waals surface area contributed by atoms with Crippen molar-refractivity contribution in [1.29, 1.82) is 0 Å². The zero-order chi connectivity index (χ0) is 13.9. The van der Waals surface area contributed by atoms with E-state index in [1.807, 2.05) is 13.8 Å². The van der Waals surface area contributed by atoms with E-state index in [1.165, 1.54) is 0 Å². The third-order valence-electron chi connectivity index (χ3n) is 2.38. The van der Waals surface area contributed by atoms with Crippen LogP contribution in [0.1, 0.15) is 36.3 Å². The van der Waals surface area contributed by atoms with Gasteiger partial charge >= 0.3 is 5.97 Å². The van der Waals surface area contributed by atoms with E-state index in [1.54, 1.807) is 6.92 Å². The lowest BCUT2D eigenvalue weighted by molar-refractivity contribution is -0.117. The van der Waals surface area contributed by atoms with Crippen LogP contribution in [0.15, 0.2) is 0 Å². The molecule has 0 bridgehead atoms. The first-order chi connectivity index (χ1) is 8.32. The number of anilines is 1. The lowest BCUT2D eigenvalue weighted by atomic mass is 10.0. The molecule has 1 amide bonds. The van der Waals surface area contributed by atoms with Crippen LogP contribution in [-0.2, 0) is 4.79 Å². The molecule has 1 aromatic rings. The zero-order valence-electron chi connectivity index (χ0n) is 10.6. The SMILES string of the molecule is Cc1nsc(NC(=O)[C@H](N)CC(C)C)c1C(=O)O. The standard InChI is InChI=1S/C11H17N3O3S/c1-5(2)4-7(12)9(15)13-10-8(11(16)17)6(3)14-18-10/h5,7H,4,12H2,1-3H3,(H,13,15)(H,16,17)/t7-/m1/s1. The van der Waals surface area contributed by atoms with E-state index in [9.17, 15) is 9.59 Å². The monoisotopic (exact) mass is 271 g/mol. The molecule has 1 atom stereocenters. The molecule has 0 aliphatic carbocycles. The van der Waals surface area contributed by atoms with Crippen LogP contribution in [0.25, 0.3) is 0 Å². The Kier molecular flexibility index (Phi) is 4.80. The minimum atomic E-state index is -1.10. The summed E-state index contributed by atoms with van der Waals surface area (Å²) >= 11 is 0.951. The van der Waals surface area contributed by atoms with Crippen LogP contribution in [-0.4, -0.2) is 27.4 Å². The average Bonchev–Trinajstić information content (AvgIpc) is 2.58. The van der Waals surface area contributed by atoms with Crippen molar-refractivity contribution >= 4 is 28.4 Å². The van der Waals surface area contributed by atoms with Crippen molar-refractivity contribution in [2.75, 3.05) is 5.32 Å². The lowest BCUT2D eigenvalue weighted by Crippen LogP contribution is -2.36. The molecule has 4 N–H and O–H groups in total. The third kappa shape index (κ3) is 3.51. The molecule has 6 nitrogen and oxygen atoms in total. The van der Waals surface area contributed by atoms with E-state index in [0.717, 1.165) is 11.5 Å². The molecule has 0 aliphatic heterocycles. The van der Waals surface area contributed by atoms with E-state index >= 15 is 0 Å². The Morgan fingerprint density at radius 1 is 1.50 bits per heavy atom. The maximum Gasteiger partial charge on any atom is 0.340 e. The van der Waals surface area contributed by atoms with Gasteiger partial charge in [0.1, 0.15) is 10.6 Å². The van der Waals surface area contributed by atoms with E-state index in [2.05, 4.69) is 9.69 Å². The van der Waals surface area contributed by atoms with Crippen molar-refractivity contribution < 1.29 is 14.7 Å². The van der Waals surface area contributed by atoms with Gasteiger partial charge in [-0.05, 0) is 30.8 Å². The van der Waals surface area contributed by atoms with Gasteiger partial charge in [-0.3, -0.25) is 4.79 Å². The zero-order valence-corrected chi connectivity index (χ0v) is 11.4. The fraction of sp³-hybridized carbons (Fsp3) is 0.545. The molecule has 0 aromatic carbocycles. The van der Waals surface area contributed by atoms with Crippen LogP contribution >= 0.6 is 11.5 Å². The predicted molar refractivity (Wildman–Crippen MR) is 69.9 cm³/mol. The van der Waals surface area contributed by atoms with Crippen LogP contribution in [0.3, 0.4) is 0 Å². The van der Waals surface area contributed by atoms with Crippen molar-refractivity contribution in [3.05, 3.63) is 11.3 Å². The fourth-order valence-electron chi connectivity index (χ4n) is 1.53. The molecule has 7 heteroatoms. The van der Waals surface area contributed by atoms with Crippen molar-refractivity contribution in [3.63, 3.8) is 0 Å². The number of hydrogen-bond donors (Lipinski definition) is 3. The number of carboxylic acids is 1. The minimum absolute atomic E-state index is 0.0325. The Bertz CT molecular complexity index is 456. The number of carbonyl (C=O) groups excluding carboxylic acids is 1. The number of rotatable bonds is 5. The first kappa shape index (κ1) is 14.6. The molecule has 0 saturated carbocycles. The van der Waals surface area contributed by atoms with E-state index in [0.29, 0.717) is 18.0 Å². The first-order valence-corrected chi connectivity index (χ1v) is 6.36. The van der Waals surface area contributed by atoms with E-state index in [4.69, 9.17) is 10.8 Å². The van der Waals surface area contributed by atoms with Gasteiger partial charge in [-0.25, -0.2) is 4.79 Å². The Morgan fingerprint density at radius 2 is 2.11 bits per heavy atom. The van der Waals surface area contributed by atoms with Crippen molar-refractivity contribution in [3.8, 4) is 0 Å². The summed E-state index contributed by atoms with van der Waals surface area (Å²) in [4.78, 5) is 22.8. The second-order valence-electron chi connectivity index (χ2n) is 4.50. The third-order valence-corrected chi connectivity index (χ3v) is 3.23. The van der Waals surface area contributed by atoms with Gasteiger partial charge in [0, 0.05) is 0 Å². The molecule has 0 aliphatic rings. The van der Waals surface area contributed by atoms with Crippen LogP contribution < -0.4 is 11.1 Å². The summed E-state index contributed by atoms with van der Waals surface area (Å²) in [5.41, 5.74) is 6.15. The number of nitrogens with one attached hydrogen (secondary N) is 1. The Labute approximate surface area is 109 Å². The highest BCUT2D eigenvalue weighted by Crippen LogP contribution is 2.24. The summed E-state index contributed by atoms with van der Waals surface area (Å²) in [5, 5.41) is 11.8. The van der Waals surface area contributed by atoms with Crippen LogP contribution in [0.2, 0.25) is 0 Å². The fourth-order valence-corrected chi connectivity index (χ4v) is 2.32. The Hall–Kier alpha value is -1.47. The van der Waals surface area contributed by atoms with Gasteiger partial charge in [0.15, 0.2) is 0 Å². The molecule has 0 radical (unpaired) electrons. The normalized spacial score (nSPS) is 12.5. The number of nitrogens with zero attached hydrogens (tertiary/aromatic N) is 1. The quantitative estimate of drug-likeness (QED) is 0.752. The molecule has 0 unspecified atom stereocenters. The summed E-state index contributed by atoms with van der Waals surface area (Å²) < 4.78 is 3.92. The topological polar surface area (TPSA) is 105 Å². The second kappa shape index (κ2) is 5.92. The maximum atomic E-state index is 11.8. The van der Waals surface area contributed by atoms with Gasteiger partial charge < -0.3 is 16.2 Å². The Morgan fingerprint density at radius 3 is 2.61 bits per heavy atom. The number of aromatic nitrogens is 1. The molecular weight excluding hydrogens is 254 g/mol. The van der Waals surface area contributed by atoms with Crippen LogP contribution in [0.4, 0.5) is 5.00 Å².